The van der Waals surface area contributed by atoms with Crippen LogP contribution in [0.3, 0.4) is 0 Å². The summed E-state index contributed by atoms with van der Waals surface area (Å²) in [4.78, 5) is 4.19. The Morgan fingerprint density at radius 2 is 1.97 bits per heavy atom. The molecule has 1 aromatic heterocycles. The fourth-order valence-corrected chi connectivity index (χ4v) is 7.61. The van der Waals surface area contributed by atoms with Gasteiger partial charge in [0.25, 0.3) is 0 Å². The number of nitrogen functional groups attached to an aromatic ring is 1. The Hall–Kier alpha value is -2.24. The first-order valence-corrected chi connectivity index (χ1v) is 12.4. The van der Waals surface area contributed by atoms with Gasteiger partial charge in [-0.25, -0.2) is 9.37 Å². The maximum Gasteiger partial charge on any atom is 0.158 e. The highest BCUT2D eigenvalue weighted by atomic mass is 19.1. The van der Waals surface area contributed by atoms with Crippen LogP contribution in [0.25, 0.3) is 16.3 Å². The van der Waals surface area contributed by atoms with E-state index in [1.165, 1.54) is 5.57 Å². The molecule has 2 fully saturated rings. The minimum atomic E-state index is -1.73. The lowest BCUT2D eigenvalue weighted by Crippen LogP contribution is -2.61. The molecule has 0 spiro atoms. The molecule has 0 bridgehead atoms. The van der Waals surface area contributed by atoms with E-state index in [0.717, 1.165) is 41.2 Å². The summed E-state index contributed by atoms with van der Waals surface area (Å²) in [6.45, 7) is 2.22. The molecule has 0 aliphatic heterocycles. The Balaban J connectivity index is 1.38. The van der Waals surface area contributed by atoms with E-state index in [1.807, 2.05) is 12.1 Å². The van der Waals surface area contributed by atoms with Crippen molar-refractivity contribution in [1.82, 2.24) is 4.98 Å². The quantitative estimate of drug-likeness (QED) is 0.515. The van der Waals surface area contributed by atoms with Crippen LogP contribution >= 0.6 is 0 Å². The molecule has 5 heteroatoms. The summed E-state index contributed by atoms with van der Waals surface area (Å²) >= 11 is 0. The normalized spacial score (nSPS) is 40.3. The third-order valence-corrected chi connectivity index (χ3v) is 9.48. The molecule has 1 aromatic carbocycles. The molecule has 4 aliphatic rings. The number of allylic oxidation sites excluding steroid dienone is 2. The zero-order valence-corrected chi connectivity index (χ0v) is 19.2. The van der Waals surface area contributed by atoms with Crippen LogP contribution in [0.1, 0.15) is 63.9 Å². The van der Waals surface area contributed by atoms with Gasteiger partial charge < -0.3 is 15.9 Å². The van der Waals surface area contributed by atoms with Crippen LogP contribution in [0.15, 0.2) is 48.2 Å². The topological polar surface area (TPSA) is 79.4 Å². The van der Waals surface area contributed by atoms with E-state index in [4.69, 9.17) is 5.73 Å². The fraction of sp³-hybridized carbons (Fsp3) is 0.536. The summed E-state index contributed by atoms with van der Waals surface area (Å²) < 4.78 is 16.7. The average Bonchev–Trinajstić information content (AvgIpc) is 3.09. The molecule has 4 N–H and O–H groups in total. The first-order valence-electron chi connectivity index (χ1n) is 12.4. The van der Waals surface area contributed by atoms with Gasteiger partial charge in [-0.15, -0.1) is 0 Å². The fourth-order valence-electron chi connectivity index (χ4n) is 7.61. The number of nitrogens with two attached hydrogens (primary N) is 1. The number of hydrogen-bond donors (Lipinski definition) is 3. The zero-order chi connectivity index (χ0) is 23.0. The molecule has 2 aromatic rings. The summed E-state index contributed by atoms with van der Waals surface area (Å²) in [5, 5.41) is 24.3. The van der Waals surface area contributed by atoms with Crippen molar-refractivity contribution in [3.8, 4) is 0 Å². The largest absolute Gasteiger partial charge is 0.393 e. The van der Waals surface area contributed by atoms with Crippen molar-refractivity contribution in [1.29, 1.82) is 0 Å². The van der Waals surface area contributed by atoms with Gasteiger partial charge >= 0.3 is 0 Å². The lowest BCUT2D eigenvalue weighted by molar-refractivity contribution is -0.172. The van der Waals surface area contributed by atoms with E-state index in [1.54, 1.807) is 12.3 Å². The third kappa shape index (κ3) is 2.98. The van der Waals surface area contributed by atoms with E-state index in [-0.39, 0.29) is 23.4 Å². The second-order valence-electron chi connectivity index (χ2n) is 11.1. The number of alkyl halides is 1. The molecular formula is C28H33FN2O2. The minimum absolute atomic E-state index is 0.168. The number of pyridine rings is 1. The van der Waals surface area contributed by atoms with Crippen LogP contribution in [0.2, 0.25) is 0 Å². The van der Waals surface area contributed by atoms with Gasteiger partial charge in [0.15, 0.2) is 5.67 Å². The molecule has 5 unspecified atom stereocenters. The third-order valence-electron chi connectivity index (χ3n) is 9.48. The monoisotopic (exact) mass is 448 g/mol. The molecule has 4 aliphatic carbocycles. The second kappa shape index (κ2) is 7.13. The molecule has 6 rings (SSSR count). The van der Waals surface area contributed by atoms with Crippen molar-refractivity contribution >= 4 is 22.2 Å². The number of aliphatic hydroxyl groups excluding tert-OH is 1. The van der Waals surface area contributed by atoms with Crippen molar-refractivity contribution < 1.29 is 14.6 Å². The van der Waals surface area contributed by atoms with Crippen LogP contribution in [0.5, 0.6) is 0 Å². The van der Waals surface area contributed by atoms with Gasteiger partial charge in [0, 0.05) is 17.5 Å². The van der Waals surface area contributed by atoms with Gasteiger partial charge in [-0.1, -0.05) is 30.7 Å². The number of hydrogen-bond acceptors (Lipinski definition) is 4. The van der Waals surface area contributed by atoms with Crippen molar-refractivity contribution in [2.24, 2.45) is 17.3 Å². The average molecular weight is 449 g/mol. The molecular weight excluding hydrogens is 415 g/mol. The number of benzene rings is 1. The summed E-state index contributed by atoms with van der Waals surface area (Å²) in [7, 11) is 0. The molecule has 4 nitrogen and oxygen atoms in total. The molecule has 0 amide bonds. The highest BCUT2D eigenvalue weighted by Gasteiger charge is 2.65. The van der Waals surface area contributed by atoms with Crippen molar-refractivity contribution in [2.75, 3.05) is 5.73 Å². The molecule has 0 radical (unpaired) electrons. The van der Waals surface area contributed by atoms with Crippen LogP contribution in [0, 0.1) is 17.3 Å². The van der Waals surface area contributed by atoms with Gasteiger partial charge in [0.1, 0.15) is 11.4 Å². The van der Waals surface area contributed by atoms with E-state index >= 15 is 4.39 Å². The first kappa shape index (κ1) is 21.3. The predicted molar refractivity (Wildman–Crippen MR) is 129 cm³/mol. The first-order chi connectivity index (χ1) is 15.7. The lowest BCUT2D eigenvalue weighted by Gasteiger charge is -2.55. The van der Waals surface area contributed by atoms with Gasteiger partial charge in [-0.05, 0) is 97.4 Å². The number of rotatable bonds is 1. The van der Waals surface area contributed by atoms with Crippen molar-refractivity contribution in [2.45, 2.75) is 75.7 Å². The number of halogens is 1. The van der Waals surface area contributed by atoms with Gasteiger partial charge in [-0.3, -0.25) is 0 Å². The molecule has 0 saturated heterocycles. The smallest absolute Gasteiger partial charge is 0.158 e. The predicted octanol–water partition coefficient (Wildman–Crippen LogP) is 5.34. The van der Waals surface area contributed by atoms with E-state index < -0.39 is 11.3 Å². The molecule has 2 saturated carbocycles. The van der Waals surface area contributed by atoms with E-state index in [0.29, 0.717) is 37.9 Å². The number of anilines is 1. The highest BCUT2D eigenvalue weighted by molar-refractivity contribution is 5.93. The number of aliphatic hydroxyl groups is 2. The second-order valence-corrected chi connectivity index (χ2v) is 11.1. The Kier molecular flexibility index (Phi) is 4.60. The molecule has 33 heavy (non-hydrogen) atoms. The summed E-state index contributed by atoms with van der Waals surface area (Å²) in [5.41, 5.74) is 6.01. The Bertz CT molecular complexity index is 1190. The highest BCUT2D eigenvalue weighted by Crippen LogP contribution is 2.65. The van der Waals surface area contributed by atoms with Gasteiger partial charge in [0.2, 0.25) is 0 Å². The maximum atomic E-state index is 16.7. The number of nitrogens with zero attached hydrogens (tertiary/aromatic N) is 1. The van der Waals surface area contributed by atoms with Crippen LogP contribution in [0.4, 0.5) is 10.2 Å². The Labute approximate surface area is 194 Å². The van der Waals surface area contributed by atoms with Gasteiger partial charge in [0.05, 0.1) is 6.10 Å². The molecule has 174 valence electrons. The minimum Gasteiger partial charge on any atom is -0.393 e. The van der Waals surface area contributed by atoms with Gasteiger partial charge in [-0.2, -0.15) is 0 Å². The van der Waals surface area contributed by atoms with Crippen molar-refractivity contribution in [3.63, 3.8) is 0 Å². The number of fused-ring (bicyclic) bond motifs is 5. The Morgan fingerprint density at radius 3 is 2.82 bits per heavy atom. The maximum absolute atomic E-state index is 16.7. The summed E-state index contributed by atoms with van der Waals surface area (Å²) in [6.07, 6.45) is 10.5. The van der Waals surface area contributed by atoms with Crippen LogP contribution in [-0.4, -0.2) is 32.6 Å². The Morgan fingerprint density at radius 1 is 1.12 bits per heavy atom. The summed E-state index contributed by atoms with van der Waals surface area (Å²) in [6, 6.07) is 8.23. The van der Waals surface area contributed by atoms with Crippen molar-refractivity contribution in [3.05, 3.63) is 53.8 Å². The van der Waals surface area contributed by atoms with E-state index in [9.17, 15) is 10.2 Å². The lowest BCUT2D eigenvalue weighted by atomic mass is 9.53. The van der Waals surface area contributed by atoms with Crippen LogP contribution < -0.4 is 5.73 Å². The number of aromatic nitrogens is 1. The molecule has 6 atom stereocenters. The molecule has 1 heterocycles. The summed E-state index contributed by atoms with van der Waals surface area (Å²) in [5.74, 6) is 0.644. The SMILES string of the molecule is CC12CCC3(F)C=C4CC(O)CCC4CC[C@]3(O)C1CC=C2c1ccc2c(N)nccc2c1. The zero-order valence-electron chi connectivity index (χ0n) is 19.2. The standard InChI is InChI=1S/C28H33FN2O2/c1-26-11-12-27(29)16-20-15-21(32)4-2-17(20)8-10-28(27,33)24(26)7-6-23(26)19-3-5-22-18(14-19)9-13-31-25(22)30/h3,5-6,9,13-14,16-17,21,24,32-33H,2,4,7-8,10-12,15H2,1H3,(H2,30,31)/t17?,21?,24?,26?,27?,28-/m0/s1. The van der Waals surface area contributed by atoms with Crippen LogP contribution in [-0.2, 0) is 0 Å². The van der Waals surface area contributed by atoms with E-state index in [2.05, 4.69) is 30.1 Å².